The zero-order valence-electron chi connectivity index (χ0n) is 9.93. The molecule has 0 N–H and O–H groups in total. The predicted octanol–water partition coefficient (Wildman–Crippen LogP) is 3.01. The summed E-state index contributed by atoms with van der Waals surface area (Å²) in [5.74, 6) is 0. The van der Waals surface area contributed by atoms with Gasteiger partial charge in [0.25, 0.3) is 0 Å². The van der Waals surface area contributed by atoms with Crippen LogP contribution in [0.4, 0.5) is 0 Å². The van der Waals surface area contributed by atoms with Crippen LogP contribution in [-0.2, 0) is 10.0 Å². The summed E-state index contributed by atoms with van der Waals surface area (Å²) in [6.07, 6.45) is 1.88. The Morgan fingerprint density at radius 1 is 1.12 bits per heavy atom. The highest BCUT2D eigenvalue weighted by molar-refractivity contribution is 9.10. The minimum Gasteiger partial charge on any atom is -0.207 e. The number of hydrogen-bond acceptors (Lipinski definition) is 2. The van der Waals surface area contributed by atoms with E-state index in [1.807, 2.05) is 13.8 Å². The standard InChI is InChI=1S/C12H16BrNO2S/c1-9-3-4-10(2)14(9)17(15,16)12-7-5-11(13)6-8-12/h5-10H,3-4H2,1-2H3/t9-,10-/m1/s1. The van der Waals surface area contributed by atoms with Crippen LogP contribution in [0.15, 0.2) is 33.6 Å². The maximum Gasteiger partial charge on any atom is 0.243 e. The molecule has 0 aliphatic carbocycles. The van der Waals surface area contributed by atoms with E-state index in [-0.39, 0.29) is 12.1 Å². The molecule has 1 aromatic carbocycles. The Balaban J connectivity index is 2.39. The zero-order chi connectivity index (χ0) is 12.6. The zero-order valence-corrected chi connectivity index (χ0v) is 12.3. The van der Waals surface area contributed by atoms with E-state index in [4.69, 9.17) is 0 Å². The first-order valence-corrected chi connectivity index (χ1v) is 7.95. The maximum absolute atomic E-state index is 12.5. The van der Waals surface area contributed by atoms with Crippen molar-refractivity contribution in [1.29, 1.82) is 0 Å². The molecule has 1 heterocycles. The summed E-state index contributed by atoms with van der Waals surface area (Å²) in [4.78, 5) is 0.376. The molecule has 0 unspecified atom stereocenters. The molecule has 0 spiro atoms. The molecule has 0 radical (unpaired) electrons. The third-order valence-corrected chi connectivity index (χ3v) is 5.93. The summed E-state index contributed by atoms with van der Waals surface area (Å²) in [5, 5.41) is 0. The van der Waals surface area contributed by atoms with Gasteiger partial charge in [0, 0.05) is 16.6 Å². The number of sulfonamides is 1. The molecule has 94 valence electrons. The van der Waals surface area contributed by atoms with E-state index in [0.717, 1.165) is 17.3 Å². The van der Waals surface area contributed by atoms with Gasteiger partial charge in [-0.15, -0.1) is 0 Å². The second-order valence-corrected chi connectivity index (χ2v) is 7.32. The third-order valence-electron chi connectivity index (χ3n) is 3.26. The smallest absolute Gasteiger partial charge is 0.207 e. The molecule has 3 nitrogen and oxygen atoms in total. The Bertz CT molecular complexity index is 488. The van der Waals surface area contributed by atoms with Crippen molar-refractivity contribution in [3.63, 3.8) is 0 Å². The van der Waals surface area contributed by atoms with E-state index in [2.05, 4.69) is 15.9 Å². The Morgan fingerprint density at radius 2 is 1.59 bits per heavy atom. The van der Waals surface area contributed by atoms with Crippen molar-refractivity contribution in [1.82, 2.24) is 4.31 Å². The molecule has 2 rings (SSSR count). The van der Waals surface area contributed by atoms with Gasteiger partial charge in [-0.1, -0.05) is 15.9 Å². The van der Waals surface area contributed by atoms with Gasteiger partial charge in [0.05, 0.1) is 4.90 Å². The normalized spacial score (nSPS) is 26.3. The Kier molecular flexibility index (Phi) is 3.61. The van der Waals surface area contributed by atoms with E-state index in [1.54, 1.807) is 28.6 Å². The van der Waals surface area contributed by atoms with E-state index >= 15 is 0 Å². The monoisotopic (exact) mass is 317 g/mol. The van der Waals surface area contributed by atoms with E-state index < -0.39 is 10.0 Å². The van der Waals surface area contributed by atoms with Gasteiger partial charge < -0.3 is 0 Å². The average Bonchev–Trinajstić information content (AvgIpc) is 2.59. The molecule has 1 aromatic rings. The van der Waals surface area contributed by atoms with Gasteiger partial charge in [-0.2, -0.15) is 4.31 Å². The molecule has 1 aliphatic heterocycles. The molecule has 0 aromatic heterocycles. The molecule has 0 saturated carbocycles. The van der Waals surface area contributed by atoms with Gasteiger partial charge in [-0.05, 0) is 51.0 Å². The lowest BCUT2D eigenvalue weighted by Gasteiger charge is -2.25. The van der Waals surface area contributed by atoms with Crippen LogP contribution >= 0.6 is 15.9 Å². The summed E-state index contributed by atoms with van der Waals surface area (Å²) in [7, 11) is -3.34. The molecule has 0 bridgehead atoms. The fourth-order valence-corrected chi connectivity index (χ4v) is 4.52. The lowest BCUT2D eigenvalue weighted by molar-refractivity contribution is 0.350. The molecule has 5 heteroatoms. The van der Waals surface area contributed by atoms with Crippen molar-refractivity contribution in [2.45, 2.75) is 43.7 Å². The Morgan fingerprint density at radius 3 is 2.06 bits per heavy atom. The van der Waals surface area contributed by atoms with Gasteiger partial charge in [-0.3, -0.25) is 0 Å². The second kappa shape index (κ2) is 4.71. The lowest BCUT2D eigenvalue weighted by atomic mass is 10.2. The Hall–Kier alpha value is -0.390. The van der Waals surface area contributed by atoms with Crippen molar-refractivity contribution in [2.75, 3.05) is 0 Å². The van der Waals surface area contributed by atoms with Crippen LogP contribution in [0.1, 0.15) is 26.7 Å². The summed E-state index contributed by atoms with van der Waals surface area (Å²) >= 11 is 3.31. The highest BCUT2D eigenvalue weighted by Gasteiger charge is 2.37. The average molecular weight is 318 g/mol. The number of halogens is 1. The maximum atomic E-state index is 12.5. The van der Waals surface area contributed by atoms with E-state index in [9.17, 15) is 8.42 Å². The van der Waals surface area contributed by atoms with Crippen LogP contribution in [0, 0.1) is 0 Å². The van der Waals surface area contributed by atoms with Crippen molar-refractivity contribution in [2.24, 2.45) is 0 Å². The first kappa shape index (κ1) is 13.1. The summed E-state index contributed by atoms with van der Waals surface area (Å²) in [6.45, 7) is 3.94. The SMILES string of the molecule is C[C@@H]1CC[C@@H](C)N1S(=O)(=O)c1ccc(Br)cc1. The summed E-state index contributed by atoms with van der Waals surface area (Å²) in [6, 6.07) is 7.02. The first-order valence-electron chi connectivity index (χ1n) is 5.72. The highest BCUT2D eigenvalue weighted by atomic mass is 79.9. The topological polar surface area (TPSA) is 37.4 Å². The van der Waals surface area contributed by atoms with E-state index in [0.29, 0.717) is 4.90 Å². The minimum atomic E-state index is -3.34. The highest BCUT2D eigenvalue weighted by Crippen LogP contribution is 2.30. The second-order valence-electron chi connectivity index (χ2n) is 4.56. The molecule has 0 amide bonds. The molecule has 2 atom stereocenters. The van der Waals surface area contributed by atoms with Gasteiger partial charge >= 0.3 is 0 Å². The fourth-order valence-electron chi connectivity index (χ4n) is 2.37. The molecular formula is C12H16BrNO2S. The van der Waals surface area contributed by atoms with Crippen LogP contribution in [-0.4, -0.2) is 24.8 Å². The van der Waals surface area contributed by atoms with Crippen molar-refractivity contribution < 1.29 is 8.42 Å². The van der Waals surface area contributed by atoms with E-state index in [1.165, 1.54) is 0 Å². The molecule has 1 saturated heterocycles. The number of benzene rings is 1. The van der Waals surface area contributed by atoms with Crippen LogP contribution in [0.3, 0.4) is 0 Å². The minimum absolute atomic E-state index is 0.0960. The molecule has 1 aliphatic rings. The largest absolute Gasteiger partial charge is 0.243 e. The van der Waals surface area contributed by atoms with Crippen LogP contribution in [0.25, 0.3) is 0 Å². The summed E-state index contributed by atoms with van der Waals surface area (Å²) in [5.41, 5.74) is 0. The van der Waals surface area contributed by atoms with Crippen molar-refractivity contribution in [3.8, 4) is 0 Å². The van der Waals surface area contributed by atoms with Crippen LogP contribution in [0.5, 0.6) is 0 Å². The first-order chi connectivity index (χ1) is 7.93. The van der Waals surface area contributed by atoms with Gasteiger partial charge in [0.15, 0.2) is 0 Å². The summed E-state index contributed by atoms with van der Waals surface area (Å²) < 4.78 is 27.5. The molecular weight excluding hydrogens is 302 g/mol. The Labute approximate surface area is 111 Å². The number of rotatable bonds is 2. The van der Waals surface area contributed by atoms with Gasteiger partial charge in [0.2, 0.25) is 10.0 Å². The third kappa shape index (κ3) is 2.41. The van der Waals surface area contributed by atoms with Gasteiger partial charge in [-0.25, -0.2) is 8.42 Å². The van der Waals surface area contributed by atoms with Crippen molar-refractivity contribution >= 4 is 26.0 Å². The number of hydrogen-bond donors (Lipinski definition) is 0. The van der Waals surface area contributed by atoms with Crippen LogP contribution < -0.4 is 0 Å². The fraction of sp³-hybridized carbons (Fsp3) is 0.500. The quantitative estimate of drug-likeness (QED) is 0.840. The van der Waals surface area contributed by atoms with Gasteiger partial charge in [0.1, 0.15) is 0 Å². The number of nitrogens with zero attached hydrogens (tertiary/aromatic N) is 1. The van der Waals surface area contributed by atoms with Crippen LogP contribution in [0.2, 0.25) is 0 Å². The van der Waals surface area contributed by atoms with Crippen molar-refractivity contribution in [3.05, 3.63) is 28.7 Å². The predicted molar refractivity (Wildman–Crippen MR) is 71.3 cm³/mol. The lowest BCUT2D eigenvalue weighted by Crippen LogP contribution is -2.38. The molecule has 17 heavy (non-hydrogen) atoms. The molecule has 1 fully saturated rings.